The number of nitrogens with two attached hydrogens (primary N) is 1. The summed E-state index contributed by atoms with van der Waals surface area (Å²) in [6.07, 6.45) is 2.84. The standard InChI is InChI=1S/C12H15F3N2/c13-9-4-11(15)12(5-10(9)14)17-6-7-1-2-8(16)3-7/h4-5,7-8,17H,1-3,6,16H2. The van der Waals surface area contributed by atoms with Gasteiger partial charge in [0.05, 0.1) is 5.69 Å². The minimum absolute atomic E-state index is 0.00405. The first-order valence-electron chi connectivity index (χ1n) is 5.70. The van der Waals surface area contributed by atoms with Crippen molar-refractivity contribution in [2.45, 2.75) is 25.3 Å². The summed E-state index contributed by atoms with van der Waals surface area (Å²) in [5.74, 6) is -2.61. The number of hydrogen-bond acceptors (Lipinski definition) is 2. The van der Waals surface area contributed by atoms with Crippen molar-refractivity contribution < 1.29 is 13.2 Å². The maximum atomic E-state index is 13.3. The number of anilines is 1. The molecule has 0 radical (unpaired) electrons. The summed E-state index contributed by atoms with van der Waals surface area (Å²) < 4.78 is 38.9. The second-order valence-electron chi connectivity index (χ2n) is 4.57. The maximum Gasteiger partial charge on any atom is 0.161 e. The highest BCUT2D eigenvalue weighted by atomic mass is 19.2. The fourth-order valence-electron chi connectivity index (χ4n) is 2.21. The molecule has 1 fully saturated rings. The zero-order valence-electron chi connectivity index (χ0n) is 9.35. The van der Waals surface area contributed by atoms with Gasteiger partial charge in [-0.2, -0.15) is 0 Å². The molecular formula is C12H15F3N2. The van der Waals surface area contributed by atoms with Crippen LogP contribution in [0.25, 0.3) is 0 Å². The minimum atomic E-state index is -1.17. The van der Waals surface area contributed by atoms with E-state index in [1.807, 2.05) is 0 Å². The quantitative estimate of drug-likeness (QED) is 0.802. The molecule has 0 bridgehead atoms. The molecule has 5 heteroatoms. The predicted molar refractivity (Wildman–Crippen MR) is 60.1 cm³/mol. The first-order chi connectivity index (χ1) is 8.06. The summed E-state index contributed by atoms with van der Waals surface area (Å²) in [5, 5.41) is 2.81. The van der Waals surface area contributed by atoms with Crippen molar-refractivity contribution in [1.82, 2.24) is 0 Å². The van der Waals surface area contributed by atoms with E-state index in [-0.39, 0.29) is 11.7 Å². The van der Waals surface area contributed by atoms with Gasteiger partial charge < -0.3 is 11.1 Å². The van der Waals surface area contributed by atoms with Gasteiger partial charge in [0.1, 0.15) is 5.82 Å². The second kappa shape index (κ2) is 4.96. The lowest BCUT2D eigenvalue weighted by atomic mass is 10.1. The van der Waals surface area contributed by atoms with E-state index in [2.05, 4.69) is 5.32 Å². The Kier molecular flexibility index (Phi) is 3.57. The Morgan fingerprint density at radius 2 is 1.82 bits per heavy atom. The normalized spacial score (nSPS) is 24.0. The van der Waals surface area contributed by atoms with Gasteiger partial charge in [-0.15, -0.1) is 0 Å². The molecule has 0 aromatic heterocycles. The largest absolute Gasteiger partial charge is 0.382 e. The van der Waals surface area contributed by atoms with Gasteiger partial charge in [0.2, 0.25) is 0 Å². The van der Waals surface area contributed by atoms with E-state index < -0.39 is 17.5 Å². The van der Waals surface area contributed by atoms with E-state index in [1.54, 1.807) is 0 Å². The smallest absolute Gasteiger partial charge is 0.161 e. The van der Waals surface area contributed by atoms with E-state index in [4.69, 9.17) is 5.73 Å². The Hall–Kier alpha value is -1.23. The number of nitrogens with one attached hydrogen (secondary N) is 1. The van der Waals surface area contributed by atoms with E-state index in [0.717, 1.165) is 25.3 Å². The number of hydrogen-bond donors (Lipinski definition) is 2. The monoisotopic (exact) mass is 244 g/mol. The Bertz CT molecular complexity index is 409. The molecule has 17 heavy (non-hydrogen) atoms. The van der Waals surface area contributed by atoms with Crippen LogP contribution >= 0.6 is 0 Å². The molecule has 3 N–H and O–H groups in total. The van der Waals surface area contributed by atoms with Gasteiger partial charge in [-0.05, 0) is 25.2 Å². The van der Waals surface area contributed by atoms with Crippen LogP contribution in [-0.4, -0.2) is 12.6 Å². The Morgan fingerprint density at radius 1 is 1.12 bits per heavy atom. The van der Waals surface area contributed by atoms with Crippen molar-refractivity contribution in [2.75, 3.05) is 11.9 Å². The molecule has 0 saturated heterocycles. The first-order valence-corrected chi connectivity index (χ1v) is 5.70. The molecular weight excluding hydrogens is 229 g/mol. The molecule has 0 amide bonds. The van der Waals surface area contributed by atoms with Crippen molar-refractivity contribution in [2.24, 2.45) is 11.7 Å². The van der Waals surface area contributed by atoms with Gasteiger partial charge in [-0.25, -0.2) is 13.2 Å². The highest BCUT2D eigenvalue weighted by molar-refractivity contribution is 5.45. The summed E-state index contributed by atoms with van der Waals surface area (Å²) >= 11 is 0. The zero-order chi connectivity index (χ0) is 12.4. The molecule has 2 atom stereocenters. The maximum absolute atomic E-state index is 13.3. The van der Waals surface area contributed by atoms with Gasteiger partial charge in [-0.1, -0.05) is 0 Å². The minimum Gasteiger partial charge on any atom is -0.382 e. The first kappa shape index (κ1) is 12.2. The molecule has 1 aromatic rings. The van der Waals surface area contributed by atoms with Crippen molar-refractivity contribution >= 4 is 5.69 Å². The SMILES string of the molecule is NC1CCC(CNc2cc(F)c(F)cc2F)C1. The number of benzene rings is 1. The Morgan fingerprint density at radius 3 is 2.47 bits per heavy atom. The van der Waals surface area contributed by atoms with Gasteiger partial charge in [0.15, 0.2) is 11.6 Å². The summed E-state index contributed by atoms with van der Waals surface area (Å²) in [5.41, 5.74) is 5.76. The van der Waals surface area contributed by atoms with Gasteiger partial charge in [-0.3, -0.25) is 0 Å². The van der Waals surface area contributed by atoms with Crippen LogP contribution in [0.2, 0.25) is 0 Å². The molecule has 1 aromatic carbocycles. The molecule has 0 spiro atoms. The van der Waals surface area contributed by atoms with Crippen molar-refractivity contribution in [3.8, 4) is 0 Å². The van der Waals surface area contributed by atoms with Crippen molar-refractivity contribution in [3.63, 3.8) is 0 Å². The molecule has 0 aliphatic heterocycles. The lowest BCUT2D eigenvalue weighted by Gasteiger charge is -2.13. The fourth-order valence-corrected chi connectivity index (χ4v) is 2.21. The molecule has 2 nitrogen and oxygen atoms in total. The van der Waals surface area contributed by atoms with Crippen LogP contribution in [0.4, 0.5) is 18.9 Å². The molecule has 0 heterocycles. The summed E-state index contributed by atoms with van der Waals surface area (Å²) in [6, 6.07) is 1.61. The summed E-state index contributed by atoms with van der Waals surface area (Å²) in [6.45, 7) is 0.537. The summed E-state index contributed by atoms with van der Waals surface area (Å²) in [7, 11) is 0. The zero-order valence-corrected chi connectivity index (χ0v) is 9.35. The predicted octanol–water partition coefficient (Wildman–Crippen LogP) is 2.64. The lowest BCUT2D eigenvalue weighted by molar-refractivity contribution is 0.495. The van der Waals surface area contributed by atoms with E-state index in [9.17, 15) is 13.2 Å². The average Bonchev–Trinajstić information content (AvgIpc) is 2.68. The number of rotatable bonds is 3. The molecule has 2 unspecified atom stereocenters. The molecule has 1 aliphatic rings. The lowest BCUT2D eigenvalue weighted by Crippen LogP contribution is -2.18. The van der Waals surface area contributed by atoms with Gasteiger partial charge in [0, 0.05) is 24.7 Å². The third-order valence-electron chi connectivity index (χ3n) is 3.17. The van der Waals surface area contributed by atoms with Gasteiger partial charge >= 0.3 is 0 Å². The average molecular weight is 244 g/mol. The molecule has 1 saturated carbocycles. The number of halogens is 3. The molecule has 94 valence electrons. The second-order valence-corrected chi connectivity index (χ2v) is 4.57. The van der Waals surface area contributed by atoms with Crippen LogP contribution < -0.4 is 11.1 Å². The molecule has 2 rings (SSSR count). The van der Waals surface area contributed by atoms with Crippen LogP contribution in [0.5, 0.6) is 0 Å². The van der Waals surface area contributed by atoms with Crippen LogP contribution in [-0.2, 0) is 0 Å². The van der Waals surface area contributed by atoms with E-state index >= 15 is 0 Å². The highest BCUT2D eigenvalue weighted by Crippen LogP contribution is 2.25. The van der Waals surface area contributed by atoms with Crippen molar-refractivity contribution in [1.29, 1.82) is 0 Å². The van der Waals surface area contributed by atoms with Crippen LogP contribution in [0, 0.1) is 23.4 Å². The highest BCUT2D eigenvalue weighted by Gasteiger charge is 2.21. The Balaban J connectivity index is 1.97. The third-order valence-corrected chi connectivity index (χ3v) is 3.17. The Labute approximate surface area is 98.0 Å². The van der Waals surface area contributed by atoms with Crippen LogP contribution in [0.1, 0.15) is 19.3 Å². The summed E-state index contributed by atoms with van der Waals surface area (Å²) in [4.78, 5) is 0. The van der Waals surface area contributed by atoms with Crippen molar-refractivity contribution in [3.05, 3.63) is 29.6 Å². The molecule has 1 aliphatic carbocycles. The van der Waals surface area contributed by atoms with E-state index in [1.165, 1.54) is 0 Å². The van der Waals surface area contributed by atoms with Crippen LogP contribution in [0.15, 0.2) is 12.1 Å². The van der Waals surface area contributed by atoms with Gasteiger partial charge in [0.25, 0.3) is 0 Å². The van der Waals surface area contributed by atoms with Crippen LogP contribution in [0.3, 0.4) is 0 Å². The van der Waals surface area contributed by atoms with E-state index in [0.29, 0.717) is 18.5 Å². The topological polar surface area (TPSA) is 38.0 Å². The third kappa shape index (κ3) is 2.91. The fraction of sp³-hybridized carbons (Fsp3) is 0.500.